The third-order valence-electron chi connectivity index (χ3n) is 5.39. The Kier molecular flexibility index (Phi) is 8.41. The summed E-state index contributed by atoms with van der Waals surface area (Å²) in [5, 5.41) is 6.38. The number of amides is 4. The lowest BCUT2D eigenvalue weighted by atomic mass is 10.2. The van der Waals surface area contributed by atoms with Crippen molar-refractivity contribution in [3.05, 3.63) is 52.5 Å². The predicted octanol–water partition coefficient (Wildman–Crippen LogP) is 4.15. The van der Waals surface area contributed by atoms with E-state index in [1.165, 1.54) is 4.90 Å². The first-order chi connectivity index (χ1) is 15.8. The highest BCUT2D eigenvalue weighted by molar-refractivity contribution is 6.39. The van der Waals surface area contributed by atoms with Gasteiger partial charge in [0.15, 0.2) is 0 Å². The number of halogens is 2. The van der Waals surface area contributed by atoms with E-state index in [2.05, 4.69) is 15.5 Å². The van der Waals surface area contributed by atoms with E-state index in [0.717, 1.165) is 5.69 Å². The van der Waals surface area contributed by atoms with E-state index in [9.17, 15) is 14.4 Å². The average molecular weight is 492 g/mol. The zero-order chi connectivity index (χ0) is 24.0. The second-order valence-corrected chi connectivity index (χ2v) is 8.51. The Labute approximate surface area is 203 Å². The minimum absolute atomic E-state index is 0.0118. The molecular formula is C23H27Cl2N5O3. The third-order valence-corrected chi connectivity index (χ3v) is 6.02. The molecule has 3 rings (SSSR count). The summed E-state index contributed by atoms with van der Waals surface area (Å²) in [6.45, 7) is 4.20. The van der Waals surface area contributed by atoms with Gasteiger partial charge in [-0.3, -0.25) is 9.59 Å². The van der Waals surface area contributed by atoms with Crippen LogP contribution in [-0.4, -0.2) is 67.4 Å². The van der Waals surface area contributed by atoms with Crippen LogP contribution in [0.3, 0.4) is 0 Å². The van der Waals surface area contributed by atoms with E-state index in [1.807, 2.05) is 24.3 Å². The summed E-state index contributed by atoms with van der Waals surface area (Å²) < 4.78 is 0. The van der Waals surface area contributed by atoms with Gasteiger partial charge in [-0.05, 0) is 36.4 Å². The fourth-order valence-electron chi connectivity index (χ4n) is 3.50. The number of benzene rings is 2. The number of urea groups is 1. The summed E-state index contributed by atoms with van der Waals surface area (Å²) in [5.74, 6) is -0.325. The predicted molar refractivity (Wildman–Crippen MR) is 132 cm³/mol. The lowest BCUT2D eigenvalue weighted by Crippen LogP contribution is -2.50. The number of nitrogens with one attached hydrogen (secondary N) is 2. The summed E-state index contributed by atoms with van der Waals surface area (Å²) >= 11 is 12.3. The summed E-state index contributed by atoms with van der Waals surface area (Å²) in [5.41, 5.74) is 2.08. The van der Waals surface area contributed by atoms with Gasteiger partial charge in [0, 0.05) is 51.0 Å². The van der Waals surface area contributed by atoms with Gasteiger partial charge in [0.25, 0.3) is 0 Å². The number of rotatable bonds is 6. The average Bonchev–Trinajstić information content (AvgIpc) is 2.81. The van der Waals surface area contributed by atoms with Crippen LogP contribution in [0.4, 0.5) is 21.9 Å². The highest BCUT2D eigenvalue weighted by Gasteiger charge is 2.22. The molecule has 33 heavy (non-hydrogen) atoms. The minimum Gasteiger partial charge on any atom is -0.368 e. The zero-order valence-corrected chi connectivity index (χ0v) is 20.1. The Bertz CT molecular complexity index is 987. The number of hydrogen-bond acceptors (Lipinski definition) is 4. The molecule has 0 aliphatic carbocycles. The minimum atomic E-state index is -0.245. The maximum atomic E-state index is 12.6. The standard InChI is InChI=1S/C23H27Cl2N5O3/c1-3-21(32)28(2)15-20(31)26-16-7-9-17(10-8-16)29-11-13-30(14-12-29)23(33)27-22-18(24)5-4-6-19(22)25/h4-10H,3,11-15H2,1-2H3,(H,26,31)(H,27,33). The van der Waals surface area contributed by atoms with Crippen LogP contribution in [0.1, 0.15) is 13.3 Å². The van der Waals surface area contributed by atoms with Crippen LogP contribution >= 0.6 is 23.2 Å². The molecule has 2 aromatic carbocycles. The molecule has 1 aliphatic heterocycles. The zero-order valence-electron chi connectivity index (χ0n) is 18.6. The summed E-state index contributed by atoms with van der Waals surface area (Å²) in [4.78, 5) is 41.6. The number of hydrogen-bond donors (Lipinski definition) is 2. The number of anilines is 3. The van der Waals surface area contributed by atoms with Gasteiger partial charge < -0.3 is 25.3 Å². The number of para-hydroxylation sites is 1. The molecular weight excluding hydrogens is 465 g/mol. The van der Waals surface area contributed by atoms with E-state index < -0.39 is 0 Å². The number of carbonyl (C=O) groups excluding carboxylic acids is 3. The molecule has 1 fully saturated rings. The molecule has 0 atom stereocenters. The molecule has 176 valence electrons. The summed E-state index contributed by atoms with van der Waals surface area (Å²) in [7, 11) is 1.61. The second-order valence-electron chi connectivity index (χ2n) is 7.70. The molecule has 8 nitrogen and oxygen atoms in total. The molecule has 2 aromatic rings. The molecule has 0 saturated carbocycles. The Morgan fingerprint density at radius 3 is 2.12 bits per heavy atom. The van der Waals surface area contributed by atoms with Crippen LogP contribution in [0, 0.1) is 0 Å². The number of likely N-dealkylation sites (N-methyl/N-ethyl adjacent to an activating group) is 1. The van der Waals surface area contributed by atoms with Crippen LogP contribution in [0.15, 0.2) is 42.5 Å². The monoisotopic (exact) mass is 491 g/mol. The fraction of sp³-hybridized carbons (Fsp3) is 0.348. The van der Waals surface area contributed by atoms with E-state index >= 15 is 0 Å². The molecule has 0 radical (unpaired) electrons. The van der Waals surface area contributed by atoms with Crippen molar-refractivity contribution in [2.75, 3.05) is 55.3 Å². The van der Waals surface area contributed by atoms with Crippen LogP contribution in [0.2, 0.25) is 10.0 Å². The fourth-order valence-corrected chi connectivity index (χ4v) is 3.99. The van der Waals surface area contributed by atoms with E-state index in [1.54, 1.807) is 37.1 Å². The van der Waals surface area contributed by atoms with Gasteiger partial charge in [0.1, 0.15) is 0 Å². The van der Waals surface area contributed by atoms with Crippen molar-refractivity contribution in [2.24, 2.45) is 0 Å². The van der Waals surface area contributed by atoms with Crippen molar-refractivity contribution >= 4 is 58.1 Å². The topological polar surface area (TPSA) is 85.0 Å². The molecule has 1 saturated heterocycles. The van der Waals surface area contributed by atoms with E-state index in [-0.39, 0.29) is 24.4 Å². The first-order valence-corrected chi connectivity index (χ1v) is 11.4. The van der Waals surface area contributed by atoms with Crippen molar-refractivity contribution in [1.82, 2.24) is 9.80 Å². The smallest absolute Gasteiger partial charge is 0.322 e. The molecule has 0 unspecified atom stereocenters. The summed E-state index contributed by atoms with van der Waals surface area (Å²) in [6, 6.07) is 12.3. The van der Waals surface area contributed by atoms with Gasteiger partial charge in [-0.1, -0.05) is 36.2 Å². The lowest BCUT2D eigenvalue weighted by molar-refractivity contribution is -0.133. The lowest BCUT2D eigenvalue weighted by Gasteiger charge is -2.36. The van der Waals surface area contributed by atoms with E-state index in [0.29, 0.717) is 54.0 Å². The molecule has 2 N–H and O–H groups in total. The van der Waals surface area contributed by atoms with Crippen molar-refractivity contribution in [2.45, 2.75) is 13.3 Å². The van der Waals surface area contributed by atoms with E-state index in [4.69, 9.17) is 23.2 Å². The SMILES string of the molecule is CCC(=O)N(C)CC(=O)Nc1ccc(N2CCN(C(=O)Nc3c(Cl)cccc3Cl)CC2)cc1. The maximum absolute atomic E-state index is 12.6. The van der Waals surface area contributed by atoms with Crippen LogP contribution < -0.4 is 15.5 Å². The molecule has 1 aliphatic rings. The van der Waals surface area contributed by atoms with Crippen molar-refractivity contribution < 1.29 is 14.4 Å². The van der Waals surface area contributed by atoms with Crippen molar-refractivity contribution in [3.63, 3.8) is 0 Å². The molecule has 10 heteroatoms. The number of piperazine rings is 1. The molecule has 1 heterocycles. The summed E-state index contributed by atoms with van der Waals surface area (Å²) in [6.07, 6.45) is 0.362. The van der Waals surface area contributed by atoms with Gasteiger partial charge in [-0.2, -0.15) is 0 Å². The Morgan fingerprint density at radius 2 is 1.55 bits per heavy atom. The van der Waals surface area contributed by atoms with Gasteiger partial charge in [-0.15, -0.1) is 0 Å². The van der Waals surface area contributed by atoms with Crippen LogP contribution in [0.5, 0.6) is 0 Å². The number of carbonyl (C=O) groups is 3. The third kappa shape index (κ3) is 6.52. The van der Waals surface area contributed by atoms with Crippen LogP contribution in [0.25, 0.3) is 0 Å². The Balaban J connectivity index is 1.50. The Morgan fingerprint density at radius 1 is 0.939 bits per heavy atom. The number of nitrogens with zero attached hydrogens (tertiary/aromatic N) is 3. The van der Waals surface area contributed by atoms with Crippen molar-refractivity contribution in [1.29, 1.82) is 0 Å². The van der Waals surface area contributed by atoms with Crippen LogP contribution in [-0.2, 0) is 9.59 Å². The van der Waals surface area contributed by atoms with Gasteiger partial charge >= 0.3 is 6.03 Å². The first-order valence-electron chi connectivity index (χ1n) is 10.7. The van der Waals surface area contributed by atoms with Gasteiger partial charge in [-0.25, -0.2) is 4.79 Å². The van der Waals surface area contributed by atoms with Gasteiger partial charge in [0.05, 0.1) is 22.3 Å². The highest BCUT2D eigenvalue weighted by atomic mass is 35.5. The quantitative estimate of drug-likeness (QED) is 0.635. The molecule has 4 amide bonds. The highest BCUT2D eigenvalue weighted by Crippen LogP contribution is 2.30. The van der Waals surface area contributed by atoms with Crippen molar-refractivity contribution in [3.8, 4) is 0 Å². The first kappa shape index (κ1) is 24.7. The molecule has 0 bridgehead atoms. The normalized spacial score (nSPS) is 13.5. The largest absolute Gasteiger partial charge is 0.368 e. The Hall–Kier alpha value is -2.97. The maximum Gasteiger partial charge on any atom is 0.322 e. The molecule has 0 aromatic heterocycles. The van der Waals surface area contributed by atoms with Gasteiger partial charge in [0.2, 0.25) is 11.8 Å². The second kappa shape index (κ2) is 11.2. The molecule has 0 spiro atoms.